The predicted octanol–water partition coefficient (Wildman–Crippen LogP) is 1.32. The molecule has 1 saturated heterocycles. The molecule has 0 spiro atoms. The van der Waals surface area contributed by atoms with Gasteiger partial charge in [-0.2, -0.15) is 5.11 Å². The smallest absolute Gasteiger partial charge is 0.256 e. The fraction of sp³-hybridized carbons (Fsp3) is 0.357. The molecule has 1 aromatic carbocycles. The Morgan fingerprint density at radius 1 is 1.45 bits per heavy atom. The number of rotatable bonds is 5. The van der Waals surface area contributed by atoms with Gasteiger partial charge in [0, 0.05) is 18.7 Å². The van der Waals surface area contributed by atoms with E-state index in [1.807, 2.05) is 6.92 Å². The van der Waals surface area contributed by atoms with Gasteiger partial charge in [0.25, 0.3) is 5.91 Å². The van der Waals surface area contributed by atoms with Gasteiger partial charge in [-0.3, -0.25) is 19.7 Å². The second-order valence-corrected chi connectivity index (χ2v) is 4.82. The van der Waals surface area contributed by atoms with Crippen LogP contribution in [0.4, 0.5) is 11.4 Å². The van der Waals surface area contributed by atoms with Crippen LogP contribution in [0.25, 0.3) is 0 Å². The van der Waals surface area contributed by atoms with E-state index in [0.29, 0.717) is 12.2 Å². The number of piperidine rings is 1. The van der Waals surface area contributed by atoms with Crippen LogP contribution < -0.4 is 16.0 Å². The Morgan fingerprint density at radius 2 is 2.23 bits per heavy atom. The minimum absolute atomic E-state index is 0.182. The first-order chi connectivity index (χ1) is 10.6. The van der Waals surface area contributed by atoms with E-state index in [9.17, 15) is 14.4 Å². The Labute approximate surface area is 127 Å². The van der Waals surface area contributed by atoms with Gasteiger partial charge in [0.15, 0.2) is 0 Å². The Morgan fingerprint density at radius 3 is 2.86 bits per heavy atom. The van der Waals surface area contributed by atoms with Crippen molar-refractivity contribution in [3.8, 4) is 0 Å². The molecule has 0 aliphatic carbocycles. The van der Waals surface area contributed by atoms with Crippen LogP contribution in [-0.2, 0) is 9.59 Å². The van der Waals surface area contributed by atoms with Crippen LogP contribution in [-0.4, -0.2) is 30.3 Å². The molecule has 2 rings (SSSR count). The Bertz CT molecular complexity index is 629. The molecule has 1 aliphatic heterocycles. The quantitative estimate of drug-likeness (QED) is 0.483. The Balaban J connectivity index is 2.23. The molecular weight excluding hydrogens is 286 g/mol. The van der Waals surface area contributed by atoms with E-state index in [-0.39, 0.29) is 30.0 Å². The number of nitrogens with one attached hydrogen (secondary N) is 4. The molecule has 22 heavy (non-hydrogen) atoms. The van der Waals surface area contributed by atoms with Gasteiger partial charge in [-0.1, -0.05) is 6.07 Å². The van der Waals surface area contributed by atoms with E-state index >= 15 is 0 Å². The van der Waals surface area contributed by atoms with Crippen molar-refractivity contribution in [1.82, 2.24) is 10.6 Å². The molecule has 1 aliphatic rings. The molecule has 1 atom stereocenters. The second kappa shape index (κ2) is 6.79. The summed E-state index contributed by atoms with van der Waals surface area (Å²) in [5, 5.41) is 11.2. The van der Waals surface area contributed by atoms with Crippen LogP contribution in [0, 0.1) is 5.53 Å². The molecule has 1 fully saturated rings. The highest BCUT2D eigenvalue weighted by Gasteiger charge is 2.29. The largest absolute Gasteiger partial charge is 0.385 e. The van der Waals surface area contributed by atoms with Gasteiger partial charge >= 0.3 is 0 Å². The number of nitrogens with zero attached hydrogens (tertiary/aromatic N) is 1. The maximum absolute atomic E-state index is 12.5. The van der Waals surface area contributed by atoms with Crippen LogP contribution in [0.1, 0.15) is 30.1 Å². The molecule has 3 amide bonds. The zero-order valence-corrected chi connectivity index (χ0v) is 12.1. The standard InChI is InChI=1S/C14H17N5O3/c1-2-16-8-4-3-5-9(19-15)12(8)14(22)17-10-6-7-11(20)18-13(10)21/h3-5,10,15-16H,2,6-7H2,1H3,(H,17,22)(H,18,20,21). The maximum atomic E-state index is 12.5. The Hall–Kier alpha value is -2.77. The molecule has 1 aromatic rings. The van der Waals surface area contributed by atoms with Crippen molar-refractivity contribution < 1.29 is 14.4 Å². The number of amides is 3. The van der Waals surface area contributed by atoms with E-state index in [1.165, 1.54) is 0 Å². The number of hydrogen-bond acceptors (Lipinski definition) is 6. The second-order valence-electron chi connectivity index (χ2n) is 4.82. The third kappa shape index (κ3) is 3.27. The fourth-order valence-electron chi connectivity index (χ4n) is 2.27. The SMILES string of the molecule is CCNc1cccc(N=N)c1C(=O)NC1CCC(=O)NC1=O. The average molecular weight is 303 g/mol. The average Bonchev–Trinajstić information content (AvgIpc) is 2.50. The lowest BCUT2D eigenvalue weighted by Gasteiger charge is -2.22. The van der Waals surface area contributed by atoms with E-state index < -0.39 is 17.9 Å². The van der Waals surface area contributed by atoms with Gasteiger partial charge in [-0.05, 0) is 25.5 Å². The Kier molecular flexibility index (Phi) is 4.82. The molecular formula is C14H17N5O3. The van der Waals surface area contributed by atoms with Crippen LogP contribution in [0.2, 0.25) is 0 Å². The van der Waals surface area contributed by atoms with Crippen molar-refractivity contribution in [2.45, 2.75) is 25.8 Å². The van der Waals surface area contributed by atoms with Crippen molar-refractivity contribution in [1.29, 1.82) is 5.53 Å². The zero-order chi connectivity index (χ0) is 16.1. The first-order valence-electron chi connectivity index (χ1n) is 6.95. The minimum Gasteiger partial charge on any atom is -0.385 e. The minimum atomic E-state index is -0.765. The summed E-state index contributed by atoms with van der Waals surface area (Å²) in [5.74, 6) is -1.36. The molecule has 116 valence electrons. The van der Waals surface area contributed by atoms with Crippen LogP contribution in [0.3, 0.4) is 0 Å². The molecule has 0 radical (unpaired) electrons. The lowest BCUT2D eigenvalue weighted by molar-refractivity contribution is -0.134. The zero-order valence-electron chi connectivity index (χ0n) is 12.1. The lowest BCUT2D eigenvalue weighted by Crippen LogP contribution is -2.52. The van der Waals surface area contributed by atoms with Gasteiger partial charge in [-0.25, -0.2) is 5.53 Å². The molecule has 0 aromatic heterocycles. The molecule has 1 heterocycles. The summed E-state index contributed by atoms with van der Waals surface area (Å²) in [6, 6.07) is 4.18. The summed E-state index contributed by atoms with van der Waals surface area (Å²) in [6.45, 7) is 2.48. The van der Waals surface area contributed by atoms with Gasteiger partial charge in [0.1, 0.15) is 6.04 Å². The number of carbonyl (C=O) groups excluding carboxylic acids is 3. The number of anilines is 1. The highest BCUT2D eigenvalue weighted by molar-refractivity contribution is 6.07. The maximum Gasteiger partial charge on any atom is 0.256 e. The molecule has 0 saturated carbocycles. The monoisotopic (exact) mass is 303 g/mol. The number of benzene rings is 1. The van der Waals surface area contributed by atoms with Crippen LogP contribution in [0.5, 0.6) is 0 Å². The summed E-state index contributed by atoms with van der Waals surface area (Å²) < 4.78 is 0. The fourth-order valence-corrected chi connectivity index (χ4v) is 2.27. The summed E-state index contributed by atoms with van der Waals surface area (Å²) in [7, 11) is 0. The number of imide groups is 1. The highest BCUT2D eigenvalue weighted by Crippen LogP contribution is 2.27. The van der Waals surface area contributed by atoms with Gasteiger partial charge in [0.05, 0.1) is 11.3 Å². The summed E-state index contributed by atoms with van der Waals surface area (Å²) in [6.07, 6.45) is 0.439. The predicted molar refractivity (Wildman–Crippen MR) is 79.1 cm³/mol. The number of hydrogen-bond donors (Lipinski definition) is 4. The third-order valence-electron chi connectivity index (χ3n) is 3.30. The summed E-state index contributed by atoms with van der Waals surface area (Å²) in [4.78, 5) is 35.3. The summed E-state index contributed by atoms with van der Waals surface area (Å²) >= 11 is 0. The van der Waals surface area contributed by atoms with Crippen molar-refractivity contribution in [2.75, 3.05) is 11.9 Å². The van der Waals surface area contributed by atoms with Gasteiger partial charge in [0.2, 0.25) is 11.8 Å². The normalized spacial score (nSPS) is 17.6. The van der Waals surface area contributed by atoms with Crippen LogP contribution in [0.15, 0.2) is 23.3 Å². The van der Waals surface area contributed by atoms with E-state index in [2.05, 4.69) is 21.1 Å². The molecule has 4 N–H and O–H groups in total. The van der Waals surface area contributed by atoms with Crippen molar-refractivity contribution in [3.05, 3.63) is 23.8 Å². The van der Waals surface area contributed by atoms with E-state index in [1.54, 1.807) is 18.2 Å². The van der Waals surface area contributed by atoms with Crippen molar-refractivity contribution in [3.63, 3.8) is 0 Å². The van der Waals surface area contributed by atoms with E-state index in [0.717, 1.165) is 0 Å². The van der Waals surface area contributed by atoms with Gasteiger partial charge < -0.3 is 10.6 Å². The van der Waals surface area contributed by atoms with Crippen molar-refractivity contribution >= 4 is 29.1 Å². The van der Waals surface area contributed by atoms with Crippen LogP contribution >= 0.6 is 0 Å². The molecule has 8 heteroatoms. The first kappa shape index (κ1) is 15.6. The lowest BCUT2D eigenvalue weighted by atomic mass is 10.0. The highest BCUT2D eigenvalue weighted by atomic mass is 16.2. The number of carbonyl (C=O) groups is 3. The first-order valence-corrected chi connectivity index (χ1v) is 6.95. The van der Waals surface area contributed by atoms with Gasteiger partial charge in [-0.15, -0.1) is 0 Å². The third-order valence-corrected chi connectivity index (χ3v) is 3.30. The molecule has 1 unspecified atom stereocenters. The molecule has 0 bridgehead atoms. The molecule has 8 nitrogen and oxygen atoms in total. The summed E-state index contributed by atoms with van der Waals surface area (Å²) in [5.41, 5.74) is 8.15. The van der Waals surface area contributed by atoms with Crippen molar-refractivity contribution in [2.24, 2.45) is 5.11 Å². The topological polar surface area (TPSA) is 124 Å². The van der Waals surface area contributed by atoms with E-state index in [4.69, 9.17) is 5.53 Å².